The zero-order valence-electron chi connectivity index (χ0n) is 31.1. The number of nitrogens with two attached hydrogens (primary N) is 1. The molecule has 21 heteroatoms. The second-order valence-corrected chi connectivity index (χ2v) is 13.6. The second-order valence-electron chi connectivity index (χ2n) is 13.6. The summed E-state index contributed by atoms with van der Waals surface area (Å²) in [7, 11) is 0. The fourth-order valence-electron chi connectivity index (χ4n) is 6.60. The molecule has 8 heterocycles. The van der Waals surface area contributed by atoms with Crippen molar-refractivity contribution in [2.75, 3.05) is 36.0 Å². The number of carbonyl (C=O) groups excluding carboxylic acids is 1. The monoisotopic (exact) mass is 802 g/mol. The van der Waals surface area contributed by atoms with Gasteiger partial charge in [0.1, 0.15) is 24.3 Å². The highest BCUT2D eigenvalue weighted by Crippen LogP contribution is 2.22. The lowest BCUT2D eigenvalue weighted by molar-refractivity contribution is 0.0689. The number of halogens is 2. The number of anilines is 2. The third kappa shape index (κ3) is 8.68. The van der Waals surface area contributed by atoms with E-state index in [1.165, 1.54) is 53.3 Å². The summed E-state index contributed by atoms with van der Waals surface area (Å²) in [5.41, 5.74) is 8.93. The van der Waals surface area contributed by atoms with Gasteiger partial charge in [0.25, 0.3) is 5.91 Å². The van der Waals surface area contributed by atoms with Crippen LogP contribution in [0.15, 0.2) is 110 Å². The lowest BCUT2D eigenvalue weighted by atomic mass is 10.2. The molecule has 2 aliphatic heterocycles. The Morgan fingerprint density at radius 3 is 1.69 bits per heavy atom. The first kappa shape index (κ1) is 38.2. The predicted molar refractivity (Wildman–Crippen MR) is 208 cm³/mol. The smallest absolute Gasteiger partial charge is 0.356 e. The highest BCUT2D eigenvalue weighted by molar-refractivity contribution is 5.92. The number of fused-ring (bicyclic) bond motifs is 2. The minimum atomic E-state index is -1.09. The van der Waals surface area contributed by atoms with Crippen LogP contribution in [0.4, 0.5) is 20.4 Å². The fraction of sp³-hybridized carbons (Fsp3) is 0.211. The number of rotatable bonds is 7. The zero-order chi connectivity index (χ0) is 40.9. The van der Waals surface area contributed by atoms with Crippen LogP contribution >= 0.6 is 0 Å². The molecule has 6 aromatic heterocycles. The Morgan fingerprint density at radius 2 is 1.19 bits per heavy atom. The summed E-state index contributed by atoms with van der Waals surface area (Å²) < 4.78 is 32.3. The van der Waals surface area contributed by atoms with Crippen LogP contribution in [0.5, 0.6) is 0 Å². The van der Waals surface area contributed by atoms with Crippen molar-refractivity contribution in [1.29, 1.82) is 0 Å². The van der Waals surface area contributed by atoms with Crippen molar-refractivity contribution < 1.29 is 23.5 Å². The number of carboxylic acids is 1. The molecule has 2 atom stereocenters. The minimum absolute atomic E-state index is 0.0246. The molecular formula is C38H36F2N16O3. The lowest BCUT2D eigenvalue weighted by Gasteiger charge is -2.17. The molecule has 10 rings (SSSR count). The second kappa shape index (κ2) is 16.8. The molecule has 0 radical (unpaired) electrons. The van der Waals surface area contributed by atoms with Crippen LogP contribution < -0.4 is 20.9 Å². The maximum atomic E-state index is 13.1. The van der Waals surface area contributed by atoms with E-state index in [4.69, 9.17) is 10.8 Å². The third-order valence-electron chi connectivity index (χ3n) is 9.55. The van der Waals surface area contributed by atoms with E-state index >= 15 is 0 Å². The third-order valence-corrected chi connectivity index (χ3v) is 9.55. The number of hydrogen-bond donors (Lipinski definition) is 3. The standard InChI is InChI=1S/C19H17FN8O.C10H7FN2O2.C9H12N6/c20-13-1-3-15(4-2-13)28-9-6-16(25-28)19(29)23-14-5-8-26(11-14)17-18-24-22-12-27(18)10-7-21-17;11-7-1-3-8(4-2-7)13-6-5-9(12-13)10(14)15;10-7-1-3-14(5-7)8-9-13-12-6-15(9)4-2-11-8/h1-4,6-7,9-10,12,14H,5,8,11H2,(H,23,29);1-6H,(H,14,15);2,4,6-7H,1,3,5,10H2. The van der Waals surface area contributed by atoms with Crippen LogP contribution in [-0.4, -0.2) is 114 Å². The van der Waals surface area contributed by atoms with Gasteiger partial charge in [-0.2, -0.15) is 10.2 Å². The summed E-state index contributed by atoms with van der Waals surface area (Å²) in [6.45, 7) is 3.18. The van der Waals surface area contributed by atoms with Crippen molar-refractivity contribution in [2.45, 2.75) is 24.9 Å². The predicted octanol–water partition coefficient (Wildman–Crippen LogP) is 2.83. The number of benzene rings is 2. The number of nitrogens with zero attached hydrogens (tertiary/aromatic N) is 14. The Bertz CT molecular complexity index is 2690. The summed E-state index contributed by atoms with van der Waals surface area (Å²) in [5.74, 6) is -0.363. The van der Waals surface area contributed by atoms with Crippen molar-refractivity contribution in [3.8, 4) is 11.4 Å². The molecule has 8 aromatic rings. The Hall–Kier alpha value is -7.68. The molecule has 0 saturated carbocycles. The number of aromatic nitrogens is 12. The molecule has 4 N–H and O–H groups in total. The first-order chi connectivity index (χ1) is 28.7. The van der Waals surface area contributed by atoms with Crippen LogP contribution in [0.2, 0.25) is 0 Å². The minimum Gasteiger partial charge on any atom is -0.476 e. The quantitative estimate of drug-likeness (QED) is 0.211. The van der Waals surface area contributed by atoms with Gasteiger partial charge in [-0.15, -0.1) is 20.4 Å². The van der Waals surface area contributed by atoms with Crippen molar-refractivity contribution in [3.05, 3.63) is 134 Å². The molecule has 0 spiro atoms. The molecule has 0 aliphatic carbocycles. The number of amides is 1. The van der Waals surface area contributed by atoms with Gasteiger partial charge in [-0.25, -0.2) is 32.9 Å². The van der Waals surface area contributed by atoms with Gasteiger partial charge in [0.2, 0.25) is 11.3 Å². The molecule has 2 fully saturated rings. The van der Waals surface area contributed by atoms with Gasteiger partial charge in [-0.3, -0.25) is 13.6 Å². The van der Waals surface area contributed by atoms with Gasteiger partial charge in [0.15, 0.2) is 23.0 Å². The van der Waals surface area contributed by atoms with Crippen LogP contribution in [0.1, 0.15) is 33.8 Å². The zero-order valence-corrected chi connectivity index (χ0v) is 31.1. The molecule has 2 saturated heterocycles. The van der Waals surface area contributed by atoms with Gasteiger partial charge in [-0.05, 0) is 73.5 Å². The Balaban J connectivity index is 0.000000136. The summed E-state index contributed by atoms with van der Waals surface area (Å²) in [4.78, 5) is 36.2. The summed E-state index contributed by atoms with van der Waals surface area (Å²) in [5, 5.41) is 35.7. The molecular weight excluding hydrogens is 767 g/mol. The van der Waals surface area contributed by atoms with Crippen molar-refractivity contribution in [1.82, 2.24) is 64.0 Å². The van der Waals surface area contributed by atoms with Gasteiger partial charge >= 0.3 is 5.97 Å². The average molecular weight is 803 g/mol. The number of nitrogens with one attached hydrogen (secondary N) is 1. The molecule has 59 heavy (non-hydrogen) atoms. The van der Waals surface area contributed by atoms with Gasteiger partial charge in [-0.1, -0.05) is 0 Å². The molecule has 2 unspecified atom stereocenters. The van der Waals surface area contributed by atoms with Gasteiger partial charge in [0, 0.05) is 75.4 Å². The number of carboxylic acid groups (broad SMARTS) is 1. The number of aromatic carboxylic acids is 1. The van der Waals surface area contributed by atoms with Gasteiger partial charge < -0.3 is 26.0 Å². The first-order valence-electron chi connectivity index (χ1n) is 18.4. The van der Waals surface area contributed by atoms with Crippen LogP contribution in [0.25, 0.3) is 22.7 Å². The van der Waals surface area contributed by atoms with Crippen molar-refractivity contribution >= 4 is 34.8 Å². The van der Waals surface area contributed by atoms with E-state index in [-0.39, 0.29) is 35.3 Å². The van der Waals surface area contributed by atoms with E-state index in [1.54, 1.807) is 60.3 Å². The number of carbonyl (C=O) groups is 2. The van der Waals surface area contributed by atoms with E-state index < -0.39 is 5.97 Å². The van der Waals surface area contributed by atoms with E-state index in [9.17, 15) is 18.4 Å². The summed E-state index contributed by atoms with van der Waals surface area (Å²) in [6, 6.07) is 14.8. The highest BCUT2D eigenvalue weighted by atomic mass is 19.1. The van der Waals surface area contributed by atoms with E-state index in [0.717, 1.165) is 49.8 Å². The fourth-order valence-corrected chi connectivity index (χ4v) is 6.60. The van der Waals surface area contributed by atoms with Crippen molar-refractivity contribution in [3.63, 3.8) is 0 Å². The van der Waals surface area contributed by atoms with Crippen LogP contribution in [0, 0.1) is 11.6 Å². The van der Waals surface area contributed by atoms with E-state index in [0.29, 0.717) is 29.3 Å². The van der Waals surface area contributed by atoms with E-state index in [2.05, 4.69) is 55.7 Å². The van der Waals surface area contributed by atoms with Crippen molar-refractivity contribution in [2.24, 2.45) is 5.73 Å². The maximum Gasteiger partial charge on any atom is 0.356 e. The SMILES string of the molecule is NC1CCN(c2nccn3cnnc23)C1.O=C(NC1CCN(c2nccn3cnnc23)C1)c1ccn(-c2ccc(F)cc2)n1.O=C(O)c1ccn(-c2ccc(F)cc2)n1. The lowest BCUT2D eigenvalue weighted by Crippen LogP contribution is -2.37. The van der Waals surface area contributed by atoms with Crippen LogP contribution in [0.3, 0.4) is 0 Å². The molecule has 19 nitrogen and oxygen atoms in total. The molecule has 2 aliphatic rings. The summed E-state index contributed by atoms with van der Waals surface area (Å²) in [6.07, 6.45) is 15.4. The first-order valence-corrected chi connectivity index (χ1v) is 18.4. The van der Waals surface area contributed by atoms with Gasteiger partial charge in [0.05, 0.1) is 11.4 Å². The topological polar surface area (TPSA) is 221 Å². The maximum absolute atomic E-state index is 13.1. The molecule has 0 bridgehead atoms. The Labute approximate surface area is 333 Å². The molecule has 2 aromatic carbocycles. The average Bonchev–Trinajstić information content (AvgIpc) is 4.10. The highest BCUT2D eigenvalue weighted by Gasteiger charge is 2.28. The Morgan fingerprint density at radius 1 is 0.678 bits per heavy atom. The normalized spacial score (nSPS) is 16.1. The Kier molecular flexibility index (Phi) is 10.9. The number of hydrogen-bond acceptors (Lipinski definition) is 13. The largest absolute Gasteiger partial charge is 0.476 e. The molecule has 300 valence electrons. The van der Waals surface area contributed by atoms with E-state index in [1.807, 2.05) is 15.0 Å². The van der Waals surface area contributed by atoms with Crippen LogP contribution in [-0.2, 0) is 0 Å². The summed E-state index contributed by atoms with van der Waals surface area (Å²) >= 11 is 0. The molecule has 1 amide bonds.